The molecular formula is C10H14N6S. The van der Waals surface area contributed by atoms with Crippen LogP contribution in [0.4, 0.5) is 0 Å². The van der Waals surface area contributed by atoms with E-state index in [4.69, 9.17) is 12.2 Å². The van der Waals surface area contributed by atoms with Crippen molar-refractivity contribution in [3.63, 3.8) is 0 Å². The van der Waals surface area contributed by atoms with Crippen LogP contribution in [0.25, 0.3) is 0 Å². The van der Waals surface area contributed by atoms with Crippen LogP contribution in [0, 0.1) is 4.77 Å². The van der Waals surface area contributed by atoms with Gasteiger partial charge in [0.05, 0.1) is 6.04 Å². The zero-order chi connectivity index (χ0) is 12.0. The molecule has 0 aromatic carbocycles. The maximum Gasteiger partial charge on any atom is 0.195 e. The van der Waals surface area contributed by atoms with E-state index in [1.165, 1.54) is 12.8 Å². The fourth-order valence-corrected chi connectivity index (χ4v) is 2.40. The molecule has 1 aliphatic carbocycles. The number of nitrogens with zero attached hydrogens (tertiary/aromatic N) is 5. The van der Waals surface area contributed by atoms with Gasteiger partial charge in [-0.05, 0) is 32.0 Å². The average molecular weight is 250 g/mol. The van der Waals surface area contributed by atoms with Crippen molar-refractivity contribution in [2.45, 2.75) is 31.7 Å². The van der Waals surface area contributed by atoms with Crippen molar-refractivity contribution in [2.24, 2.45) is 7.05 Å². The molecule has 7 heteroatoms. The summed E-state index contributed by atoms with van der Waals surface area (Å²) < 4.78 is 4.62. The van der Waals surface area contributed by atoms with Crippen LogP contribution in [0.5, 0.6) is 0 Å². The Labute approximate surface area is 104 Å². The van der Waals surface area contributed by atoms with Crippen molar-refractivity contribution >= 4 is 12.2 Å². The average Bonchev–Trinajstić information content (AvgIpc) is 2.95. The minimum atomic E-state index is 0.0596. The first kappa shape index (κ1) is 10.6. The molecule has 0 radical (unpaired) electrons. The Morgan fingerprint density at radius 1 is 1.53 bits per heavy atom. The number of hydrogen-bond donors (Lipinski definition) is 1. The molecule has 17 heavy (non-hydrogen) atoms. The molecule has 1 aliphatic rings. The van der Waals surface area contributed by atoms with Crippen molar-refractivity contribution in [3.05, 3.63) is 22.7 Å². The summed E-state index contributed by atoms with van der Waals surface area (Å²) in [5, 5.41) is 15.3. The third-order valence-electron chi connectivity index (χ3n) is 3.18. The SMILES string of the molecule is CC(c1nncn1C)n1c(C2CC2)n[nH]c1=S. The Hall–Kier alpha value is -1.50. The van der Waals surface area contributed by atoms with Crippen molar-refractivity contribution in [2.75, 3.05) is 0 Å². The summed E-state index contributed by atoms with van der Waals surface area (Å²) in [5.41, 5.74) is 0. The third kappa shape index (κ3) is 1.70. The first-order valence-electron chi connectivity index (χ1n) is 5.69. The van der Waals surface area contributed by atoms with Gasteiger partial charge in [-0.3, -0.25) is 9.67 Å². The van der Waals surface area contributed by atoms with E-state index in [0.717, 1.165) is 11.6 Å². The highest BCUT2D eigenvalue weighted by Gasteiger charge is 2.31. The van der Waals surface area contributed by atoms with Crippen LogP contribution >= 0.6 is 12.2 Å². The van der Waals surface area contributed by atoms with Crippen LogP contribution in [0.1, 0.15) is 43.4 Å². The van der Waals surface area contributed by atoms with E-state index in [0.29, 0.717) is 10.7 Å². The van der Waals surface area contributed by atoms with Gasteiger partial charge < -0.3 is 4.57 Å². The lowest BCUT2D eigenvalue weighted by Crippen LogP contribution is -2.14. The molecule has 1 atom stereocenters. The molecule has 0 saturated heterocycles. The van der Waals surface area contributed by atoms with Gasteiger partial charge in [0.2, 0.25) is 0 Å². The summed E-state index contributed by atoms with van der Waals surface area (Å²) in [6, 6.07) is 0.0596. The molecule has 2 aromatic rings. The second-order valence-electron chi connectivity index (χ2n) is 4.51. The number of aromatic nitrogens is 6. The zero-order valence-corrected chi connectivity index (χ0v) is 10.6. The second-order valence-corrected chi connectivity index (χ2v) is 4.89. The van der Waals surface area contributed by atoms with E-state index in [2.05, 4.69) is 31.9 Å². The molecule has 6 nitrogen and oxygen atoms in total. The minimum Gasteiger partial charge on any atom is -0.319 e. The topological polar surface area (TPSA) is 64.3 Å². The maximum atomic E-state index is 5.30. The lowest BCUT2D eigenvalue weighted by Gasteiger charge is -2.14. The van der Waals surface area contributed by atoms with E-state index in [1.807, 2.05) is 11.6 Å². The molecule has 0 spiro atoms. The first-order chi connectivity index (χ1) is 8.18. The van der Waals surface area contributed by atoms with E-state index in [9.17, 15) is 0 Å². The standard InChI is InChI=1S/C10H14N6S/c1-6(8-12-11-5-15(8)2)16-9(7-3-4-7)13-14-10(16)17/h5-7H,3-4H2,1-2H3,(H,14,17). The number of nitrogens with one attached hydrogen (secondary N) is 1. The van der Waals surface area contributed by atoms with E-state index in [1.54, 1.807) is 6.33 Å². The van der Waals surface area contributed by atoms with Gasteiger partial charge in [-0.25, -0.2) is 0 Å². The molecule has 0 amide bonds. The quantitative estimate of drug-likeness (QED) is 0.840. The van der Waals surface area contributed by atoms with Crippen LogP contribution in [-0.2, 0) is 7.05 Å². The Kier molecular flexibility index (Phi) is 2.36. The maximum absolute atomic E-state index is 5.30. The molecule has 0 aliphatic heterocycles. The Bertz CT molecular complexity index is 590. The van der Waals surface area contributed by atoms with Crippen LogP contribution in [0.3, 0.4) is 0 Å². The fourth-order valence-electron chi connectivity index (χ4n) is 2.11. The van der Waals surface area contributed by atoms with Crippen LogP contribution in [0.2, 0.25) is 0 Å². The van der Waals surface area contributed by atoms with Crippen molar-refractivity contribution < 1.29 is 0 Å². The highest BCUT2D eigenvalue weighted by atomic mass is 32.1. The summed E-state index contributed by atoms with van der Waals surface area (Å²) in [5.74, 6) is 2.49. The molecule has 1 N–H and O–H groups in total. The predicted octanol–water partition coefficient (Wildman–Crippen LogP) is 1.56. The van der Waals surface area contributed by atoms with Gasteiger partial charge in [0.15, 0.2) is 10.6 Å². The van der Waals surface area contributed by atoms with E-state index < -0.39 is 0 Å². The monoisotopic (exact) mass is 250 g/mol. The molecule has 1 saturated carbocycles. The number of aromatic amines is 1. The molecule has 3 rings (SSSR count). The molecule has 2 heterocycles. The van der Waals surface area contributed by atoms with Crippen LogP contribution in [-0.4, -0.2) is 29.5 Å². The van der Waals surface area contributed by atoms with Crippen molar-refractivity contribution in [1.29, 1.82) is 0 Å². The fraction of sp³-hybridized carbons (Fsp3) is 0.600. The Morgan fingerprint density at radius 2 is 2.29 bits per heavy atom. The predicted molar refractivity (Wildman–Crippen MR) is 64.2 cm³/mol. The summed E-state index contributed by atoms with van der Waals surface area (Å²) >= 11 is 5.30. The Morgan fingerprint density at radius 3 is 2.88 bits per heavy atom. The molecular weight excluding hydrogens is 236 g/mol. The molecule has 2 aromatic heterocycles. The number of H-pyrrole nitrogens is 1. The largest absolute Gasteiger partial charge is 0.319 e. The summed E-state index contributed by atoms with van der Waals surface area (Å²) in [7, 11) is 1.94. The summed E-state index contributed by atoms with van der Waals surface area (Å²) in [4.78, 5) is 0. The number of rotatable bonds is 3. The minimum absolute atomic E-state index is 0.0596. The highest BCUT2D eigenvalue weighted by Crippen LogP contribution is 2.40. The molecule has 90 valence electrons. The van der Waals surface area contributed by atoms with Gasteiger partial charge in [0.1, 0.15) is 12.2 Å². The number of aryl methyl sites for hydroxylation is 1. The third-order valence-corrected chi connectivity index (χ3v) is 3.47. The molecule has 1 fully saturated rings. The van der Waals surface area contributed by atoms with Crippen LogP contribution in [0.15, 0.2) is 6.33 Å². The normalized spacial score (nSPS) is 17.3. The van der Waals surface area contributed by atoms with Gasteiger partial charge in [-0.2, -0.15) is 5.10 Å². The van der Waals surface area contributed by atoms with Gasteiger partial charge in [-0.15, -0.1) is 10.2 Å². The van der Waals surface area contributed by atoms with E-state index in [-0.39, 0.29) is 6.04 Å². The van der Waals surface area contributed by atoms with Crippen molar-refractivity contribution in [3.8, 4) is 0 Å². The first-order valence-corrected chi connectivity index (χ1v) is 6.10. The summed E-state index contributed by atoms with van der Waals surface area (Å²) in [6.45, 7) is 2.07. The molecule has 0 bridgehead atoms. The van der Waals surface area contributed by atoms with Gasteiger partial charge in [-0.1, -0.05) is 0 Å². The Balaban J connectivity index is 2.06. The van der Waals surface area contributed by atoms with E-state index >= 15 is 0 Å². The lowest BCUT2D eigenvalue weighted by atomic mass is 10.3. The van der Waals surface area contributed by atoms with Gasteiger partial charge >= 0.3 is 0 Å². The van der Waals surface area contributed by atoms with Gasteiger partial charge in [0.25, 0.3) is 0 Å². The second kappa shape index (κ2) is 3.76. The van der Waals surface area contributed by atoms with Crippen LogP contribution < -0.4 is 0 Å². The summed E-state index contributed by atoms with van der Waals surface area (Å²) in [6.07, 6.45) is 4.10. The lowest BCUT2D eigenvalue weighted by molar-refractivity contribution is 0.544. The highest BCUT2D eigenvalue weighted by molar-refractivity contribution is 7.71. The van der Waals surface area contributed by atoms with Gasteiger partial charge in [0, 0.05) is 13.0 Å². The molecule has 1 unspecified atom stereocenters. The van der Waals surface area contributed by atoms with Crippen molar-refractivity contribution in [1.82, 2.24) is 29.5 Å². The zero-order valence-electron chi connectivity index (χ0n) is 9.79. The number of hydrogen-bond acceptors (Lipinski definition) is 4. The smallest absolute Gasteiger partial charge is 0.195 e.